The van der Waals surface area contributed by atoms with Crippen molar-refractivity contribution in [3.63, 3.8) is 0 Å². The third kappa shape index (κ3) is 5.58. The molecule has 0 radical (unpaired) electrons. The predicted molar refractivity (Wildman–Crippen MR) is 72.0 cm³/mol. The maximum Gasteiger partial charge on any atom is 0.128 e. The molecule has 0 heterocycles. The predicted octanol–water partition coefficient (Wildman–Crippen LogP) is 2.01. The summed E-state index contributed by atoms with van der Waals surface area (Å²) in [5, 5.41) is 3.22. The summed E-state index contributed by atoms with van der Waals surface area (Å²) in [6, 6.07) is 5.19. The quantitative estimate of drug-likeness (QED) is 0.718. The van der Waals surface area contributed by atoms with Gasteiger partial charge in [-0.25, -0.2) is 4.39 Å². The van der Waals surface area contributed by atoms with Crippen molar-refractivity contribution in [2.75, 3.05) is 33.8 Å². The molecule has 0 unspecified atom stereocenters. The first kappa shape index (κ1) is 15.1. The van der Waals surface area contributed by atoms with Crippen molar-refractivity contribution in [2.45, 2.75) is 20.1 Å². The van der Waals surface area contributed by atoms with Gasteiger partial charge in [0.15, 0.2) is 0 Å². The molecule has 18 heavy (non-hydrogen) atoms. The second-order valence-electron chi connectivity index (χ2n) is 4.56. The summed E-state index contributed by atoms with van der Waals surface area (Å²) in [4.78, 5) is 2.04. The number of hydrogen-bond donors (Lipinski definition) is 1. The number of halogens is 1. The number of nitrogens with zero attached hydrogens (tertiary/aromatic N) is 1. The average molecular weight is 254 g/mol. The van der Waals surface area contributed by atoms with E-state index >= 15 is 0 Å². The van der Waals surface area contributed by atoms with E-state index < -0.39 is 0 Å². The lowest BCUT2D eigenvalue weighted by molar-refractivity contribution is 0.103. The van der Waals surface area contributed by atoms with E-state index in [9.17, 15) is 4.39 Å². The molecular formula is C14H23FN2O. The molecule has 3 nitrogen and oxygen atoms in total. The Hall–Kier alpha value is -0.970. The van der Waals surface area contributed by atoms with Crippen LogP contribution in [0.25, 0.3) is 0 Å². The Kier molecular flexibility index (Phi) is 6.86. The zero-order valence-electron chi connectivity index (χ0n) is 11.5. The minimum Gasteiger partial charge on any atom is -0.375 e. The van der Waals surface area contributed by atoms with Gasteiger partial charge in [-0.05, 0) is 38.3 Å². The monoisotopic (exact) mass is 254 g/mol. The first-order valence-corrected chi connectivity index (χ1v) is 6.34. The molecule has 0 aromatic heterocycles. The van der Waals surface area contributed by atoms with Crippen molar-refractivity contribution < 1.29 is 9.13 Å². The van der Waals surface area contributed by atoms with Gasteiger partial charge in [-0.3, -0.25) is 0 Å². The Morgan fingerprint density at radius 1 is 1.33 bits per heavy atom. The molecule has 0 bridgehead atoms. The highest BCUT2D eigenvalue weighted by Crippen LogP contribution is 2.12. The molecule has 0 amide bonds. The number of nitrogens with one attached hydrogen (secondary N) is 1. The van der Waals surface area contributed by atoms with Gasteiger partial charge in [0, 0.05) is 18.7 Å². The number of likely N-dealkylation sites (N-methyl/N-ethyl adjacent to an activating group) is 1. The summed E-state index contributed by atoms with van der Waals surface area (Å²) in [7, 11) is 3.97. The molecule has 0 spiro atoms. The molecule has 0 aliphatic carbocycles. The zero-order chi connectivity index (χ0) is 13.4. The van der Waals surface area contributed by atoms with Gasteiger partial charge in [0.05, 0.1) is 13.2 Å². The first-order chi connectivity index (χ1) is 8.63. The molecule has 0 saturated heterocycles. The van der Waals surface area contributed by atoms with Crippen molar-refractivity contribution in [2.24, 2.45) is 0 Å². The Balaban J connectivity index is 2.47. The van der Waals surface area contributed by atoms with Crippen molar-refractivity contribution >= 4 is 0 Å². The van der Waals surface area contributed by atoms with Gasteiger partial charge in [-0.1, -0.05) is 13.0 Å². The van der Waals surface area contributed by atoms with E-state index in [1.54, 1.807) is 6.07 Å². The van der Waals surface area contributed by atoms with Crippen LogP contribution in [0, 0.1) is 5.82 Å². The van der Waals surface area contributed by atoms with Gasteiger partial charge >= 0.3 is 0 Å². The van der Waals surface area contributed by atoms with Gasteiger partial charge in [-0.15, -0.1) is 0 Å². The Morgan fingerprint density at radius 2 is 2.11 bits per heavy atom. The number of benzene rings is 1. The third-order valence-electron chi connectivity index (χ3n) is 2.63. The maximum absolute atomic E-state index is 13.6. The van der Waals surface area contributed by atoms with E-state index in [2.05, 4.69) is 12.2 Å². The molecule has 1 aromatic rings. The smallest absolute Gasteiger partial charge is 0.128 e. The molecule has 0 atom stereocenters. The van der Waals surface area contributed by atoms with Crippen LogP contribution in [0.15, 0.2) is 18.2 Å². The molecule has 4 heteroatoms. The summed E-state index contributed by atoms with van der Waals surface area (Å²) in [6.07, 6.45) is 0. The maximum atomic E-state index is 13.6. The third-order valence-corrected chi connectivity index (χ3v) is 2.63. The minimum absolute atomic E-state index is 0.194. The van der Waals surface area contributed by atoms with Crippen LogP contribution in [-0.2, 0) is 17.9 Å². The second-order valence-corrected chi connectivity index (χ2v) is 4.56. The molecule has 0 fully saturated rings. The van der Waals surface area contributed by atoms with Gasteiger partial charge in [0.1, 0.15) is 5.82 Å². The molecule has 102 valence electrons. The molecule has 1 rings (SSSR count). The molecule has 0 aliphatic rings. The fourth-order valence-corrected chi connectivity index (χ4v) is 1.55. The van der Waals surface area contributed by atoms with Gasteiger partial charge in [0.2, 0.25) is 0 Å². The lowest BCUT2D eigenvalue weighted by atomic mass is 10.1. The zero-order valence-corrected chi connectivity index (χ0v) is 11.5. The molecular weight excluding hydrogens is 231 g/mol. The molecule has 1 N–H and O–H groups in total. The highest BCUT2D eigenvalue weighted by molar-refractivity contribution is 5.24. The topological polar surface area (TPSA) is 24.5 Å². The Morgan fingerprint density at radius 3 is 2.78 bits per heavy atom. The summed E-state index contributed by atoms with van der Waals surface area (Å²) >= 11 is 0. The van der Waals surface area contributed by atoms with Crippen molar-refractivity contribution in [3.05, 3.63) is 35.1 Å². The Bertz CT molecular complexity index is 356. The largest absolute Gasteiger partial charge is 0.375 e. The van der Waals surface area contributed by atoms with Crippen LogP contribution in [0.3, 0.4) is 0 Å². The summed E-state index contributed by atoms with van der Waals surface area (Å²) in [5.74, 6) is -0.194. The van der Waals surface area contributed by atoms with E-state index in [4.69, 9.17) is 4.74 Å². The van der Waals surface area contributed by atoms with Crippen LogP contribution in [0.1, 0.15) is 18.1 Å². The van der Waals surface area contributed by atoms with Gasteiger partial charge < -0.3 is 15.0 Å². The average Bonchev–Trinajstić information content (AvgIpc) is 2.34. The molecule has 1 aromatic carbocycles. The van der Waals surface area contributed by atoms with Crippen LogP contribution in [0.5, 0.6) is 0 Å². The number of ether oxygens (including phenoxy) is 1. The van der Waals surface area contributed by atoms with Crippen LogP contribution < -0.4 is 5.32 Å². The van der Waals surface area contributed by atoms with E-state index in [1.807, 2.05) is 25.1 Å². The summed E-state index contributed by atoms with van der Waals surface area (Å²) in [5.41, 5.74) is 1.72. The van der Waals surface area contributed by atoms with Crippen LogP contribution in [-0.4, -0.2) is 38.7 Å². The van der Waals surface area contributed by atoms with Crippen molar-refractivity contribution in [3.8, 4) is 0 Å². The Labute approximate surface area is 109 Å². The fourth-order valence-electron chi connectivity index (χ4n) is 1.55. The number of rotatable bonds is 8. The van der Waals surface area contributed by atoms with E-state index in [0.717, 1.165) is 25.2 Å². The summed E-state index contributed by atoms with van der Waals surface area (Å²) < 4.78 is 19.0. The second kappa shape index (κ2) is 8.19. The summed E-state index contributed by atoms with van der Waals surface area (Å²) in [6.45, 7) is 5.52. The van der Waals surface area contributed by atoms with E-state index in [-0.39, 0.29) is 5.82 Å². The van der Waals surface area contributed by atoms with E-state index in [0.29, 0.717) is 18.8 Å². The minimum atomic E-state index is -0.194. The highest BCUT2D eigenvalue weighted by Gasteiger charge is 2.04. The van der Waals surface area contributed by atoms with Crippen molar-refractivity contribution in [1.82, 2.24) is 10.2 Å². The highest BCUT2D eigenvalue weighted by atomic mass is 19.1. The first-order valence-electron chi connectivity index (χ1n) is 6.34. The number of hydrogen-bond acceptors (Lipinski definition) is 3. The lowest BCUT2D eigenvalue weighted by Crippen LogP contribution is -2.18. The van der Waals surface area contributed by atoms with Gasteiger partial charge in [-0.2, -0.15) is 0 Å². The van der Waals surface area contributed by atoms with E-state index in [1.165, 1.54) is 6.07 Å². The van der Waals surface area contributed by atoms with Crippen LogP contribution in [0.4, 0.5) is 4.39 Å². The fraction of sp³-hybridized carbons (Fsp3) is 0.571. The molecule has 0 aliphatic heterocycles. The molecule has 0 saturated carbocycles. The standard InChI is InChI=1S/C14H23FN2O/c1-4-16-10-12-5-6-14(15)13(9-12)11-18-8-7-17(2)3/h5-6,9,16H,4,7-8,10-11H2,1-3H3. The SMILES string of the molecule is CCNCc1ccc(F)c(COCCN(C)C)c1. The normalized spacial score (nSPS) is 11.2. The lowest BCUT2D eigenvalue weighted by Gasteiger charge is -2.11. The van der Waals surface area contributed by atoms with Crippen molar-refractivity contribution in [1.29, 1.82) is 0 Å². The van der Waals surface area contributed by atoms with Crippen LogP contribution in [0.2, 0.25) is 0 Å². The van der Waals surface area contributed by atoms with Crippen LogP contribution >= 0.6 is 0 Å². The van der Waals surface area contributed by atoms with Gasteiger partial charge in [0.25, 0.3) is 0 Å².